The molecule has 34 heavy (non-hydrogen) atoms. The van der Waals surface area contributed by atoms with Crippen LogP contribution in [0.4, 0.5) is 23.7 Å². The van der Waals surface area contributed by atoms with Gasteiger partial charge in [0.15, 0.2) is 0 Å². The molecule has 1 heterocycles. The molecule has 0 bridgehead atoms. The van der Waals surface area contributed by atoms with Crippen molar-refractivity contribution in [3.63, 3.8) is 0 Å². The van der Waals surface area contributed by atoms with Gasteiger partial charge in [0.2, 0.25) is 6.10 Å². The number of carbonyl (C=O) groups excluding carboxylic acids is 2. The molecule has 1 aliphatic heterocycles. The van der Waals surface area contributed by atoms with Gasteiger partial charge in [-0.3, -0.25) is 5.32 Å². The Bertz CT molecular complexity index is 1090. The van der Waals surface area contributed by atoms with Gasteiger partial charge in [-0.05, 0) is 69.5 Å². The lowest BCUT2D eigenvalue weighted by Gasteiger charge is -2.28. The van der Waals surface area contributed by atoms with Crippen LogP contribution in [0.25, 0.3) is 6.08 Å². The first-order valence-electron chi connectivity index (χ1n) is 10.7. The van der Waals surface area contributed by atoms with Crippen molar-refractivity contribution in [2.24, 2.45) is 0 Å². The van der Waals surface area contributed by atoms with Crippen LogP contribution in [0, 0.1) is 0 Å². The molecular weight excluding hydrogens is 451 g/mol. The second kappa shape index (κ2) is 9.79. The molecule has 1 aliphatic rings. The molecule has 0 aromatic heterocycles. The third kappa shape index (κ3) is 6.52. The Labute approximate surface area is 195 Å². The van der Waals surface area contributed by atoms with Crippen molar-refractivity contribution < 1.29 is 37.0 Å². The summed E-state index contributed by atoms with van der Waals surface area (Å²) in [6.45, 7) is 6.77. The highest BCUT2D eigenvalue weighted by molar-refractivity contribution is 5.96. The van der Waals surface area contributed by atoms with E-state index in [2.05, 4.69) is 5.32 Å². The lowest BCUT2D eigenvalue weighted by atomic mass is 9.97. The fourth-order valence-electron chi connectivity index (χ4n) is 3.33. The van der Waals surface area contributed by atoms with E-state index in [1.165, 1.54) is 13.0 Å². The Balaban J connectivity index is 1.75. The Hall–Kier alpha value is -3.49. The van der Waals surface area contributed by atoms with Gasteiger partial charge in [0.1, 0.15) is 11.4 Å². The highest BCUT2D eigenvalue weighted by Gasteiger charge is 2.48. The first-order valence-corrected chi connectivity index (χ1v) is 10.7. The maximum Gasteiger partial charge on any atom is 0.430 e. The third-order valence-corrected chi connectivity index (χ3v) is 4.73. The summed E-state index contributed by atoms with van der Waals surface area (Å²) in [6, 6.07) is 11.9. The predicted molar refractivity (Wildman–Crippen MR) is 121 cm³/mol. The maximum atomic E-state index is 13.5. The number of hydrogen-bond acceptors (Lipinski definition) is 5. The first kappa shape index (κ1) is 25.1. The van der Waals surface area contributed by atoms with E-state index >= 15 is 0 Å². The molecule has 3 rings (SSSR count). The molecule has 1 unspecified atom stereocenters. The minimum atomic E-state index is -4.77. The molecule has 0 radical (unpaired) electrons. The Morgan fingerprint density at radius 3 is 2.26 bits per heavy atom. The number of carbonyl (C=O) groups is 2. The van der Waals surface area contributed by atoms with Crippen LogP contribution in [-0.2, 0) is 20.7 Å². The average Bonchev–Trinajstić information content (AvgIpc) is 2.72. The zero-order chi connectivity index (χ0) is 25.1. The quantitative estimate of drug-likeness (QED) is 0.544. The second-order valence-electron chi connectivity index (χ2n) is 8.73. The van der Waals surface area contributed by atoms with Gasteiger partial charge < -0.3 is 14.2 Å². The zero-order valence-electron chi connectivity index (χ0n) is 19.3. The van der Waals surface area contributed by atoms with Gasteiger partial charge in [-0.15, -0.1) is 0 Å². The van der Waals surface area contributed by atoms with Crippen molar-refractivity contribution in [2.45, 2.75) is 52.0 Å². The van der Waals surface area contributed by atoms with E-state index in [4.69, 9.17) is 14.2 Å². The molecule has 2 aromatic rings. The number of ether oxygens (including phenoxy) is 3. The number of alkyl halides is 3. The summed E-state index contributed by atoms with van der Waals surface area (Å²) in [7, 11) is 0. The second-order valence-corrected chi connectivity index (χ2v) is 8.73. The van der Waals surface area contributed by atoms with E-state index in [0.717, 1.165) is 17.2 Å². The molecule has 6 nitrogen and oxygen atoms in total. The van der Waals surface area contributed by atoms with Crippen molar-refractivity contribution in [3.8, 4) is 5.75 Å². The molecule has 0 fully saturated rings. The third-order valence-electron chi connectivity index (χ3n) is 4.73. The predicted octanol–water partition coefficient (Wildman–Crippen LogP) is 5.89. The van der Waals surface area contributed by atoms with Crippen LogP contribution in [-0.4, -0.2) is 36.6 Å². The van der Waals surface area contributed by atoms with Gasteiger partial charge in [0.25, 0.3) is 0 Å². The lowest BCUT2D eigenvalue weighted by Crippen LogP contribution is -2.40. The first-order chi connectivity index (χ1) is 15.9. The van der Waals surface area contributed by atoms with Crippen molar-refractivity contribution >= 4 is 23.8 Å². The molecule has 0 saturated carbocycles. The fourth-order valence-corrected chi connectivity index (χ4v) is 3.33. The van der Waals surface area contributed by atoms with Crippen LogP contribution < -0.4 is 10.1 Å². The number of benzene rings is 2. The minimum absolute atomic E-state index is 0.0380. The highest BCUT2D eigenvalue weighted by Crippen LogP contribution is 2.38. The van der Waals surface area contributed by atoms with Gasteiger partial charge in [-0.25, -0.2) is 9.59 Å². The fraction of sp³-hybridized carbons (Fsp3) is 0.360. The summed E-state index contributed by atoms with van der Waals surface area (Å²) >= 11 is 0. The molecule has 1 N–H and O–H groups in total. The van der Waals surface area contributed by atoms with Crippen LogP contribution in [0.2, 0.25) is 0 Å². The number of anilines is 1. The van der Waals surface area contributed by atoms with Crippen molar-refractivity contribution in [1.29, 1.82) is 0 Å². The number of halogens is 3. The summed E-state index contributed by atoms with van der Waals surface area (Å²) in [4.78, 5) is 23.9. The molecule has 9 heteroatoms. The summed E-state index contributed by atoms with van der Waals surface area (Å²) in [5.74, 6) is -1.02. The topological polar surface area (TPSA) is 73.9 Å². The molecule has 2 aromatic carbocycles. The monoisotopic (exact) mass is 477 g/mol. The summed E-state index contributed by atoms with van der Waals surface area (Å²) in [5, 5.41) is 2.64. The molecule has 182 valence electrons. The lowest BCUT2D eigenvalue weighted by molar-refractivity contribution is -0.187. The largest absolute Gasteiger partial charge is 0.475 e. The molecule has 0 aliphatic carbocycles. The summed E-state index contributed by atoms with van der Waals surface area (Å²) < 4.78 is 55.8. The van der Waals surface area contributed by atoms with Crippen LogP contribution in [0.3, 0.4) is 0 Å². The van der Waals surface area contributed by atoms with Gasteiger partial charge in [0, 0.05) is 11.3 Å². The molecule has 0 saturated heterocycles. The number of fused-ring (bicyclic) bond motifs is 1. The Morgan fingerprint density at radius 2 is 1.68 bits per heavy atom. The molecular formula is C25H26F3NO5. The smallest absolute Gasteiger partial charge is 0.430 e. The van der Waals surface area contributed by atoms with Crippen molar-refractivity contribution in [1.82, 2.24) is 0 Å². The van der Waals surface area contributed by atoms with Gasteiger partial charge >= 0.3 is 18.2 Å². The van der Waals surface area contributed by atoms with E-state index in [-0.39, 0.29) is 12.4 Å². The Kier molecular flexibility index (Phi) is 7.24. The van der Waals surface area contributed by atoms with E-state index in [1.807, 2.05) is 0 Å². The molecule has 1 atom stereocenters. The number of esters is 1. The normalized spacial score (nSPS) is 15.5. The number of amides is 1. The maximum absolute atomic E-state index is 13.5. The SMILES string of the molecule is CCOC(=O)C1=Cc2ccc(Cc3ccc(NC(=O)OC(C)(C)C)cc3)cc2OC1C(F)(F)F. The molecule has 0 spiro atoms. The average molecular weight is 477 g/mol. The van der Waals surface area contributed by atoms with E-state index < -0.39 is 35.5 Å². The van der Waals surface area contributed by atoms with Gasteiger partial charge in [0.05, 0.1) is 12.2 Å². The van der Waals surface area contributed by atoms with E-state index in [9.17, 15) is 22.8 Å². The minimum Gasteiger partial charge on any atom is -0.475 e. The number of hydrogen-bond donors (Lipinski definition) is 1. The number of nitrogens with one attached hydrogen (secondary N) is 1. The van der Waals surface area contributed by atoms with Crippen LogP contribution in [0.15, 0.2) is 48.0 Å². The van der Waals surface area contributed by atoms with Gasteiger partial charge in [-0.1, -0.05) is 24.3 Å². The highest BCUT2D eigenvalue weighted by atomic mass is 19.4. The van der Waals surface area contributed by atoms with Crippen LogP contribution >= 0.6 is 0 Å². The summed E-state index contributed by atoms with van der Waals surface area (Å²) in [6.07, 6.45) is -6.15. The number of rotatable bonds is 5. The van der Waals surface area contributed by atoms with Crippen molar-refractivity contribution in [2.75, 3.05) is 11.9 Å². The molecule has 1 amide bonds. The van der Waals surface area contributed by atoms with Crippen LogP contribution in [0.1, 0.15) is 44.4 Å². The zero-order valence-corrected chi connectivity index (χ0v) is 19.3. The van der Waals surface area contributed by atoms with E-state index in [1.54, 1.807) is 57.2 Å². The summed E-state index contributed by atoms with van der Waals surface area (Å²) in [5.41, 5.74) is 1.32. The van der Waals surface area contributed by atoms with Crippen LogP contribution in [0.5, 0.6) is 5.75 Å². The standard InChI is InChI=1S/C25H26F3NO5/c1-5-32-22(30)19-14-17-9-6-16(13-20(17)33-21(19)25(26,27)28)12-15-7-10-18(11-8-15)29-23(31)34-24(2,3)4/h6-11,13-14,21H,5,12H2,1-4H3,(H,29,31). The Morgan fingerprint density at radius 1 is 1.03 bits per heavy atom. The van der Waals surface area contributed by atoms with Crippen molar-refractivity contribution in [3.05, 3.63) is 64.7 Å². The van der Waals surface area contributed by atoms with E-state index in [0.29, 0.717) is 17.7 Å². The van der Waals surface area contributed by atoms with Gasteiger partial charge in [-0.2, -0.15) is 13.2 Å².